The minimum atomic E-state index is -0.264. The molecule has 0 saturated heterocycles. The number of benzene rings is 2. The summed E-state index contributed by atoms with van der Waals surface area (Å²) in [4.78, 5) is 15.9. The molecule has 0 atom stereocenters. The Bertz CT molecular complexity index is 882. The van der Waals surface area contributed by atoms with Gasteiger partial charge < -0.3 is 25.4 Å². The highest BCUT2D eigenvalue weighted by Crippen LogP contribution is 2.22. The molecule has 0 fully saturated rings. The number of nitrogens with one attached hydrogen (secondary N) is 3. The van der Waals surface area contributed by atoms with Crippen LogP contribution >= 0.6 is 24.0 Å². The van der Waals surface area contributed by atoms with Gasteiger partial charge in [0.25, 0.3) is 5.91 Å². The molecule has 0 radical (unpaired) electrons. The van der Waals surface area contributed by atoms with Gasteiger partial charge in [-0.05, 0) is 51.5 Å². The van der Waals surface area contributed by atoms with Crippen molar-refractivity contribution in [3.8, 4) is 11.5 Å². The first-order valence-electron chi connectivity index (χ1n) is 10.5. The van der Waals surface area contributed by atoms with E-state index in [1.54, 1.807) is 7.05 Å². The van der Waals surface area contributed by atoms with E-state index in [0.717, 1.165) is 16.9 Å². The average Bonchev–Trinajstić information content (AvgIpc) is 2.73. The Labute approximate surface area is 208 Å². The fourth-order valence-electron chi connectivity index (χ4n) is 2.81. The molecule has 0 unspecified atom stereocenters. The number of carbonyl (C=O) groups is 1. The molecule has 0 spiro atoms. The van der Waals surface area contributed by atoms with E-state index < -0.39 is 0 Å². The van der Waals surface area contributed by atoms with Crippen molar-refractivity contribution in [2.24, 2.45) is 4.99 Å². The maximum atomic E-state index is 11.6. The van der Waals surface area contributed by atoms with Crippen LogP contribution < -0.4 is 25.4 Å². The summed E-state index contributed by atoms with van der Waals surface area (Å²) in [5, 5.41) is 9.34. The highest BCUT2D eigenvalue weighted by molar-refractivity contribution is 14.0. The molecule has 0 aliphatic heterocycles. The first-order chi connectivity index (χ1) is 14.8. The number of rotatable bonds is 9. The first kappa shape index (κ1) is 27.5. The fraction of sp³-hybridized carbons (Fsp3) is 0.417. The fourth-order valence-corrected chi connectivity index (χ4v) is 2.81. The SMILES string of the molecule is CCNC(=O)COc1cccc(CNC(=NC)NCc2ccccc2OC(C)(C)C)c1.I. The van der Waals surface area contributed by atoms with Crippen LogP contribution in [0.4, 0.5) is 0 Å². The molecule has 2 aromatic rings. The number of para-hydroxylation sites is 1. The van der Waals surface area contributed by atoms with E-state index in [4.69, 9.17) is 9.47 Å². The standard InChI is InChI=1S/C24H34N4O3.HI/c1-6-26-22(29)17-30-20-12-9-10-18(14-20)15-27-23(25-5)28-16-19-11-7-8-13-21(19)31-24(2,3)4;/h7-14H,6,15-17H2,1-5H3,(H,26,29)(H2,25,27,28);1H. The molecule has 1 amide bonds. The zero-order chi connectivity index (χ0) is 22.7. The van der Waals surface area contributed by atoms with E-state index in [1.165, 1.54) is 0 Å². The second kappa shape index (κ2) is 13.8. The monoisotopic (exact) mass is 554 g/mol. The van der Waals surface area contributed by atoms with Gasteiger partial charge >= 0.3 is 0 Å². The topological polar surface area (TPSA) is 84.0 Å². The molecule has 2 aromatic carbocycles. The van der Waals surface area contributed by atoms with Crippen LogP contribution in [0.25, 0.3) is 0 Å². The third-order valence-electron chi connectivity index (χ3n) is 4.16. The van der Waals surface area contributed by atoms with E-state index in [-0.39, 0.29) is 42.1 Å². The van der Waals surface area contributed by atoms with Crippen LogP contribution in [-0.2, 0) is 17.9 Å². The van der Waals surface area contributed by atoms with Gasteiger partial charge in [-0.1, -0.05) is 30.3 Å². The normalized spacial score (nSPS) is 11.2. The highest BCUT2D eigenvalue weighted by atomic mass is 127. The Morgan fingerprint density at radius 1 is 1.00 bits per heavy atom. The maximum absolute atomic E-state index is 11.6. The van der Waals surface area contributed by atoms with Crippen LogP contribution in [0.5, 0.6) is 11.5 Å². The number of amides is 1. The first-order valence-corrected chi connectivity index (χ1v) is 10.5. The van der Waals surface area contributed by atoms with Gasteiger partial charge in [-0.3, -0.25) is 9.79 Å². The van der Waals surface area contributed by atoms with Crippen molar-refractivity contribution in [1.29, 1.82) is 0 Å². The number of likely N-dealkylation sites (N-methyl/N-ethyl adjacent to an activating group) is 1. The summed E-state index contributed by atoms with van der Waals surface area (Å²) >= 11 is 0. The number of hydrogen-bond donors (Lipinski definition) is 3. The molecule has 7 nitrogen and oxygen atoms in total. The quantitative estimate of drug-likeness (QED) is 0.249. The second-order valence-electron chi connectivity index (χ2n) is 7.99. The van der Waals surface area contributed by atoms with E-state index >= 15 is 0 Å². The van der Waals surface area contributed by atoms with Crippen LogP contribution in [0.1, 0.15) is 38.8 Å². The molecule has 0 bridgehead atoms. The largest absolute Gasteiger partial charge is 0.488 e. The zero-order valence-electron chi connectivity index (χ0n) is 19.5. The lowest BCUT2D eigenvalue weighted by atomic mass is 10.1. The molecule has 3 N–H and O–H groups in total. The van der Waals surface area contributed by atoms with Gasteiger partial charge in [-0.15, -0.1) is 24.0 Å². The number of hydrogen-bond acceptors (Lipinski definition) is 4. The number of ether oxygens (including phenoxy) is 2. The minimum Gasteiger partial charge on any atom is -0.488 e. The van der Waals surface area contributed by atoms with E-state index in [9.17, 15) is 4.79 Å². The van der Waals surface area contributed by atoms with E-state index in [0.29, 0.717) is 31.3 Å². The third-order valence-corrected chi connectivity index (χ3v) is 4.16. The summed E-state index contributed by atoms with van der Waals surface area (Å²) in [6, 6.07) is 15.6. The summed E-state index contributed by atoms with van der Waals surface area (Å²) < 4.78 is 11.6. The molecule has 8 heteroatoms. The number of halogens is 1. The van der Waals surface area contributed by atoms with Gasteiger partial charge in [0, 0.05) is 32.2 Å². The molecule has 2 rings (SSSR count). The molecule has 0 heterocycles. The molecule has 0 aliphatic rings. The Morgan fingerprint density at radius 3 is 2.41 bits per heavy atom. The summed E-state index contributed by atoms with van der Waals surface area (Å²) in [7, 11) is 1.73. The number of carbonyl (C=O) groups excluding carboxylic acids is 1. The summed E-state index contributed by atoms with van der Waals surface area (Å²) in [5.74, 6) is 2.06. The predicted molar refractivity (Wildman–Crippen MR) is 140 cm³/mol. The van der Waals surface area contributed by atoms with Gasteiger partial charge in [0.1, 0.15) is 17.1 Å². The van der Waals surface area contributed by atoms with Crippen molar-refractivity contribution in [2.45, 2.75) is 46.4 Å². The van der Waals surface area contributed by atoms with Crippen molar-refractivity contribution < 1.29 is 14.3 Å². The van der Waals surface area contributed by atoms with Gasteiger partial charge in [-0.25, -0.2) is 0 Å². The molecule has 0 saturated carbocycles. The van der Waals surface area contributed by atoms with Gasteiger partial charge in [0.15, 0.2) is 12.6 Å². The van der Waals surface area contributed by atoms with Crippen molar-refractivity contribution in [3.05, 3.63) is 59.7 Å². The number of guanidine groups is 1. The lowest BCUT2D eigenvalue weighted by molar-refractivity contribution is -0.122. The van der Waals surface area contributed by atoms with Gasteiger partial charge in [0.05, 0.1) is 0 Å². The van der Waals surface area contributed by atoms with E-state index in [1.807, 2.05) is 76.2 Å². The molecular weight excluding hydrogens is 519 g/mol. The minimum absolute atomic E-state index is 0. The van der Waals surface area contributed by atoms with E-state index in [2.05, 4.69) is 20.9 Å². The molecule has 0 aromatic heterocycles. The molecular formula is C24H35IN4O3. The van der Waals surface area contributed by atoms with Crippen molar-refractivity contribution in [2.75, 3.05) is 20.2 Å². The summed E-state index contributed by atoms with van der Waals surface area (Å²) in [5.41, 5.74) is 1.81. The van der Waals surface area contributed by atoms with Crippen molar-refractivity contribution in [3.63, 3.8) is 0 Å². The lowest BCUT2D eigenvalue weighted by Crippen LogP contribution is -2.36. The molecule has 32 heavy (non-hydrogen) atoms. The number of nitrogens with zero attached hydrogens (tertiary/aromatic N) is 1. The van der Waals surface area contributed by atoms with Crippen molar-refractivity contribution >= 4 is 35.8 Å². The van der Waals surface area contributed by atoms with Crippen LogP contribution in [0.2, 0.25) is 0 Å². The smallest absolute Gasteiger partial charge is 0.257 e. The summed E-state index contributed by atoms with van der Waals surface area (Å²) in [6.45, 7) is 9.72. The Kier molecular flexibility index (Phi) is 11.9. The Balaban J connectivity index is 0.00000512. The molecule has 176 valence electrons. The third kappa shape index (κ3) is 10.2. The van der Waals surface area contributed by atoms with Crippen LogP contribution in [0.15, 0.2) is 53.5 Å². The van der Waals surface area contributed by atoms with Crippen LogP contribution in [0, 0.1) is 0 Å². The molecule has 0 aliphatic carbocycles. The average molecular weight is 554 g/mol. The van der Waals surface area contributed by atoms with Crippen LogP contribution in [-0.4, -0.2) is 37.7 Å². The van der Waals surface area contributed by atoms with Crippen molar-refractivity contribution in [1.82, 2.24) is 16.0 Å². The highest BCUT2D eigenvalue weighted by Gasteiger charge is 2.14. The second-order valence-corrected chi connectivity index (χ2v) is 7.99. The van der Waals surface area contributed by atoms with Gasteiger partial charge in [0.2, 0.25) is 0 Å². The van der Waals surface area contributed by atoms with Gasteiger partial charge in [-0.2, -0.15) is 0 Å². The maximum Gasteiger partial charge on any atom is 0.257 e. The lowest BCUT2D eigenvalue weighted by Gasteiger charge is -2.23. The number of aliphatic imine (C=N–C) groups is 1. The Morgan fingerprint density at radius 2 is 1.72 bits per heavy atom. The Hall–Kier alpha value is -2.49. The zero-order valence-corrected chi connectivity index (χ0v) is 21.9. The predicted octanol–water partition coefficient (Wildman–Crippen LogP) is 3.86. The van der Waals surface area contributed by atoms with Crippen LogP contribution in [0.3, 0.4) is 0 Å². The summed E-state index contributed by atoms with van der Waals surface area (Å²) in [6.07, 6.45) is 0.